The van der Waals surface area contributed by atoms with E-state index in [9.17, 15) is 9.59 Å². The van der Waals surface area contributed by atoms with Crippen molar-refractivity contribution in [3.05, 3.63) is 40.7 Å². The zero-order chi connectivity index (χ0) is 25.9. The second-order valence-corrected chi connectivity index (χ2v) is 9.42. The zero-order valence-electron chi connectivity index (χ0n) is 20.8. The molecule has 13 nitrogen and oxygen atoms in total. The third-order valence-electron chi connectivity index (χ3n) is 6.96. The number of carbonyl (C=O) groups excluding carboxylic acids is 2. The highest BCUT2D eigenvalue weighted by molar-refractivity contribution is 6.00. The lowest BCUT2D eigenvalue weighted by atomic mass is 9.83. The van der Waals surface area contributed by atoms with E-state index in [4.69, 9.17) is 15.1 Å². The van der Waals surface area contributed by atoms with E-state index in [1.54, 1.807) is 25.5 Å². The number of likely N-dealkylation sites (tertiary alicyclic amines) is 1. The first kappa shape index (κ1) is 24.6. The number of aromatic nitrogens is 5. The van der Waals surface area contributed by atoms with E-state index in [1.165, 1.54) is 4.68 Å². The minimum atomic E-state index is -0.526. The molecule has 5 rings (SSSR count). The molecule has 2 atom stereocenters. The predicted molar refractivity (Wildman–Crippen MR) is 132 cm³/mol. The van der Waals surface area contributed by atoms with Crippen molar-refractivity contribution in [2.75, 3.05) is 19.4 Å². The standard InChI is InChI=1S/C24H29N9O4/c1-14-5-3-4-8-32(14)13-19-21(27-31-33(19)23-22(25)29-37-30-23)24(35)28-26-12-15-9-16-11-17(36-2)6-7-18(16)20(34)10-15/h6-7,11-12,14-15H,3-5,8-10,13H2,1-2H3,(H2,25,29)(H,28,35)/b26-12-. The van der Waals surface area contributed by atoms with Gasteiger partial charge in [-0.3, -0.25) is 14.5 Å². The van der Waals surface area contributed by atoms with Gasteiger partial charge in [0.25, 0.3) is 5.91 Å². The maximum atomic E-state index is 13.1. The molecule has 0 saturated carbocycles. The number of benzene rings is 1. The molecule has 1 fully saturated rings. The summed E-state index contributed by atoms with van der Waals surface area (Å²) in [5.74, 6) is 0.260. The largest absolute Gasteiger partial charge is 0.497 e. The Morgan fingerprint density at radius 3 is 2.95 bits per heavy atom. The van der Waals surface area contributed by atoms with Crippen molar-refractivity contribution >= 4 is 23.7 Å². The fraction of sp³-hybridized carbons (Fsp3) is 0.458. The first-order valence-corrected chi connectivity index (χ1v) is 12.2. The van der Waals surface area contributed by atoms with Crippen LogP contribution < -0.4 is 15.9 Å². The van der Waals surface area contributed by atoms with E-state index in [0.717, 1.165) is 31.4 Å². The molecule has 2 unspecified atom stereocenters. The third kappa shape index (κ3) is 5.07. The number of methoxy groups -OCH3 is 1. The van der Waals surface area contributed by atoms with Crippen LogP contribution in [0.1, 0.15) is 64.7 Å². The minimum absolute atomic E-state index is 0.0337. The van der Waals surface area contributed by atoms with Crippen LogP contribution in [-0.2, 0) is 13.0 Å². The average Bonchev–Trinajstić information content (AvgIpc) is 3.50. The number of fused-ring (bicyclic) bond motifs is 1. The second-order valence-electron chi connectivity index (χ2n) is 9.42. The number of nitrogen functional groups attached to an aromatic ring is 1. The van der Waals surface area contributed by atoms with Gasteiger partial charge < -0.3 is 10.5 Å². The van der Waals surface area contributed by atoms with Crippen LogP contribution in [0.15, 0.2) is 27.9 Å². The van der Waals surface area contributed by atoms with Crippen LogP contribution in [0.5, 0.6) is 5.75 Å². The maximum absolute atomic E-state index is 13.1. The van der Waals surface area contributed by atoms with Crippen LogP contribution in [0.4, 0.5) is 5.82 Å². The van der Waals surface area contributed by atoms with Gasteiger partial charge in [0.15, 0.2) is 11.5 Å². The van der Waals surface area contributed by atoms with Crippen molar-refractivity contribution in [3.63, 3.8) is 0 Å². The smallest absolute Gasteiger partial charge is 0.293 e. The summed E-state index contributed by atoms with van der Waals surface area (Å²) in [6, 6.07) is 5.77. The average molecular weight is 508 g/mol. The molecule has 37 heavy (non-hydrogen) atoms. The second kappa shape index (κ2) is 10.5. The molecule has 0 radical (unpaired) electrons. The summed E-state index contributed by atoms with van der Waals surface area (Å²) < 4.78 is 11.4. The summed E-state index contributed by atoms with van der Waals surface area (Å²) in [7, 11) is 1.59. The van der Waals surface area contributed by atoms with E-state index in [0.29, 0.717) is 42.4 Å². The Kier molecular flexibility index (Phi) is 6.95. The monoisotopic (exact) mass is 507 g/mol. The normalized spacial score (nSPS) is 20.2. The zero-order valence-corrected chi connectivity index (χ0v) is 20.8. The molecule has 3 heterocycles. The van der Waals surface area contributed by atoms with Gasteiger partial charge in [0.05, 0.1) is 12.8 Å². The summed E-state index contributed by atoms with van der Waals surface area (Å²) in [5.41, 5.74) is 10.6. The third-order valence-corrected chi connectivity index (χ3v) is 6.96. The molecular formula is C24H29N9O4. The van der Waals surface area contributed by atoms with E-state index >= 15 is 0 Å². The molecule has 1 aliphatic carbocycles. The lowest BCUT2D eigenvalue weighted by molar-refractivity contribution is 0.0944. The number of rotatable bonds is 7. The van der Waals surface area contributed by atoms with Gasteiger partial charge in [0.2, 0.25) is 11.6 Å². The van der Waals surface area contributed by atoms with Gasteiger partial charge in [-0.2, -0.15) is 9.78 Å². The van der Waals surface area contributed by atoms with Crippen LogP contribution in [-0.4, -0.2) is 67.8 Å². The van der Waals surface area contributed by atoms with Gasteiger partial charge in [-0.1, -0.05) is 11.6 Å². The number of nitrogens with one attached hydrogen (secondary N) is 1. The van der Waals surface area contributed by atoms with E-state index in [1.807, 2.05) is 6.07 Å². The number of carbonyl (C=O) groups is 2. The number of hydrogen-bond acceptors (Lipinski definition) is 11. The number of Topliss-reactive ketones (excluding diaryl/α,β-unsaturated/α-hetero) is 1. The molecule has 13 heteroatoms. The van der Waals surface area contributed by atoms with Gasteiger partial charge in [0, 0.05) is 36.7 Å². The number of anilines is 1. The number of piperidine rings is 1. The Hall–Kier alpha value is -4.13. The van der Waals surface area contributed by atoms with Crippen molar-refractivity contribution in [2.45, 2.75) is 51.6 Å². The molecule has 1 saturated heterocycles. The van der Waals surface area contributed by atoms with E-state index < -0.39 is 5.91 Å². The molecule has 3 N–H and O–H groups in total. The van der Waals surface area contributed by atoms with Crippen LogP contribution in [0.2, 0.25) is 0 Å². The van der Waals surface area contributed by atoms with Crippen molar-refractivity contribution < 1.29 is 19.0 Å². The number of amides is 1. The first-order chi connectivity index (χ1) is 17.9. The lowest BCUT2D eigenvalue weighted by Gasteiger charge is -2.33. The summed E-state index contributed by atoms with van der Waals surface area (Å²) in [4.78, 5) is 27.9. The predicted octanol–water partition coefficient (Wildman–Crippen LogP) is 1.78. The van der Waals surface area contributed by atoms with Crippen molar-refractivity contribution in [1.29, 1.82) is 0 Å². The highest BCUT2D eigenvalue weighted by Crippen LogP contribution is 2.28. The van der Waals surface area contributed by atoms with Crippen LogP contribution in [0.3, 0.4) is 0 Å². The highest BCUT2D eigenvalue weighted by Gasteiger charge is 2.28. The van der Waals surface area contributed by atoms with Gasteiger partial charge in [-0.15, -0.1) is 5.10 Å². The maximum Gasteiger partial charge on any atom is 0.293 e. The highest BCUT2D eigenvalue weighted by atomic mass is 16.6. The topological polar surface area (TPSA) is 167 Å². The molecule has 0 spiro atoms. The Bertz CT molecular complexity index is 1330. The molecule has 2 aromatic heterocycles. The molecule has 2 aliphatic rings. The quantitative estimate of drug-likeness (QED) is 0.355. The number of ether oxygens (including phenoxy) is 1. The summed E-state index contributed by atoms with van der Waals surface area (Å²) in [6.45, 7) is 3.46. The summed E-state index contributed by atoms with van der Waals surface area (Å²) in [6.07, 6.45) is 5.82. The number of hydrazone groups is 1. The van der Waals surface area contributed by atoms with E-state index in [-0.39, 0.29) is 29.0 Å². The number of hydrogen-bond donors (Lipinski definition) is 2. The van der Waals surface area contributed by atoms with Crippen molar-refractivity contribution in [1.82, 2.24) is 35.6 Å². The molecule has 1 aromatic carbocycles. The van der Waals surface area contributed by atoms with E-state index in [2.05, 4.69) is 43.0 Å². The number of nitrogens with zero attached hydrogens (tertiary/aromatic N) is 7. The molecule has 0 bridgehead atoms. The first-order valence-electron chi connectivity index (χ1n) is 12.2. The van der Waals surface area contributed by atoms with Gasteiger partial charge in [0.1, 0.15) is 5.75 Å². The Balaban J connectivity index is 1.33. The minimum Gasteiger partial charge on any atom is -0.497 e. The Morgan fingerprint density at radius 2 is 2.19 bits per heavy atom. The fourth-order valence-corrected chi connectivity index (χ4v) is 4.91. The Morgan fingerprint density at radius 1 is 1.32 bits per heavy atom. The van der Waals surface area contributed by atoms with Crippen LogP contribution >= 0.6 is 0 Å². The van der Waals surface area contributed by atoms with Crippen molar-refractivity contribution in [2.24, 2.45) is 11.0 Å². The van der Waals surface area contributed by atoms with Gasteiger partial charge in [-0.25, -0.2) is 10.1 Å². The fourth-order valence-electron chi connectivity index (χ4n) is 4.91. The molecule has 1 aliphatic heterocycles. The lowest BCUT2D eigenvalue weighted by Crippen LogP contribution is -2.38. The van der Waals surface area contributed by atoms with Gasteiger partial charge in [-0.05, 0) is 66.8 Å². The SMILES string of the molecule is COc1ccc2c(c1)CC(/C=N\NC(=O)c1nnn(-c3nonc3N)c1CN1CCCCC1C)CC2=O. The van der Waals surface area contributed by atoms with Crippen LogP contribution in [0, 0.1) is 5.92 Å². The summed E-state index contributed by atoms with van der Waals surface area (Å²) >= 11 is 0. The molecule has 3 aromatic rings. The molecule has 194 valence electrons. The van der Waals surface area contributed by atoms with Crippen molar-refractivity contribution in [3.8, 4) is 11.6 Å². The summed E-state index contributed by atoms with van der Waals surface area (Å²) in [5, 5.41) is 19.8. The van der Waals surface area contributed by atoms with Crippen LogP contribution in [0.25, 0.3) is 5.82 Å². The molecule has 1 amide bonds. The Labute approximate surface area is 213 Å². The number of nitrogens with two attached hydrogens (primary N) is 1. The number of ketones is 1. The molecular weight excluding hydrogens is 478 g/mol. The van der Waals surface area contributed by atoms with Gasteiger partial charge >= 0.3 is 0 Å².